The van der Waals surface area contributed by atoms with Gasteiger partial charge in [-0.25, -0.2) is 0 Å². The Balaban J connectivity index is 0.000000751. The summed E-state index contributed by atoms with van der Waals surface area (Å²) < 4.78 is 0. The van der Waals surface area contributed by atoms with E-state index in [0.29, 0.717) is 0 Å². The van der Waals surface area contributed by atoms with Crippen molar-refractivity contribution in [3.8, 4) is 11.8 Å². The van der Waals surface area contributed by atoms with Gasteiger partial charge >= 0.3 is 0 Å². The summed E-state index contributed by atoms with van der Waals surface area (Å²) in [5.41, 5.74) is 8.53. The van der Waals surface area contributed by atoms with Gasteiger partial charge in [0.05, 0.1) is 0 Å². The Morgan fingerprint density at radius 2 is 1.16 bits per heavy atom. The molecule has 0 aliphatic rings. The summed E-state index contributed by atoms with van der Waals surface area (Å²) >= 11 is 0. The number of allylic oxidation sites excluding steroid dienone is 2. The topological polar surface area (TPSA) is 0 Å². The zero-order valence-electron chi connectivity index (χ0n) is 21.1. The minimum Gasteiger partial charge on any atom is -0.104 e. The lowest BCUT2D eigenvalue weighted by atomic mass is 9.92. The average Bonchev–Trinajstić information content (AvgIpc) is 2.80. The van der Waals surface area contributed by atoms with Crippen molar-refractivity contribution in [3.05, 3.63) is 95.1 Å². The molecular formula is C32H44. The van der Waals surface area contributed by atoms with Crippen LogP contribution in [0.4, 0.5) is 0 Å². The van der Waals surface area contributed by atoms with Crippen LogP contribution in [0.3, 0.4) is 0 Å². The third kappa shape index (κ3) is 11.8. The lowest BCUT2D eigenvalue weighted by Crippen LogP contribution is -2.01. The van der Waals surface area contributed by atoms with E-state index in [1.807, 2.05) is 0 Å². The first kappa shape index (κ1) is 27.5. The van der Waals surface area contributed by atoms with E-state index in [-0.39, 0.29) is 0 Å². The molecule has 2 rings (SSSR count). The van der Waals surface area contributed by atoms with Crippen molar-refractivity contribution in [1.29, 1.82) is 0 Å². The Labute approximate surface area is 198 Å². The van der Waals surface area contributed by atoms with Crippen molar-refractivity contribution in [1.82, 2.24) is 0 Å². The highest BCUT2D eigenvalue weighted by molar-refractivity contribution is 5.33. The second-order valence-corrected chi connectivity index (χ2v) is 8.54. The third-order valence-corrected chi connectivity index (χ3v) is 5.58. The molecule has 0 aromatic heterocycles. The van der Waals surface area contributed by atoms with Gasteiger partial charge in [-0.3, -0.25) is 0 Å². The Morgan fingerprint density at radius 1 is 0.688 bits per heavy atom. The summed E-state index contributed by atoms with van der Waals surface area (Å²) in [6.07, 6.45) is 11.0. The lowest BCUT2D eigenvalue weighted by molar-refractivity contribution is 0.717. The molecular weight excluding hydrogens is 384 g/mol. The molecule has 0 radical (unpaired) electrons. The number of benzene rings is 2. The Kier molecular flexibility index (Phi) is 14.7. The Morgan fingerprint density at radius 3 is 1.66 bits per heavy atom. The molecule has 32 heavy (non-hydrogen) atoms. The lowest BCUT2D eigenvalue weighted by Gasteiger charge is -2.13. The van der Waals surface area contributed by atoms with Gasteiger partial charge in [0.1, 0.15) is 0 Å². The minimum absolute atomic E-state index is 0.994. The number of hydrogen-bond donors (Lipinski definition) is 0. The van der Waals surface area contributed by atoms with E-state index in [4.69, 9.17) is 0 Å². The van der Waals surface area contributed by atoms with Crippen molar-refractivity contribution in [2.45, 2.75) is 91.9 Å². The van der Waals surface area contributed by atoms with E-state index in [0.717, 1.165) is 51.4 Å². The van der Waals surface area contributed by atoms with Gasteiger partial charge in [-0.1, -0.05) is 87.0 Å². The first-order valence-electron chi connectivity index (χ1n) is 12.4. The maximum atomic E-state index is 4.33. The predicted octanol–water partition coefficient (Wildman–Crippen LogP) is 9.08. The molecule has 0 bridgehead atoms. The van der Waals surface area contributed by atoms with Gasteiger partial charge in [0.25, 0.3) is 0 Å². The highest BCUT2D eigenvalue weighted by Crippen LogP contribution is 2.20. The van der Waals surface area contributed by atoms with Crippen LogP contribution in [-0.4, -0.2) is 0 Å². The number of unbranched alkanes of at least 4 members (excludes halogenated alkanes) is 1. The smallest absolute Gasteiger partial charge is 0.00602 e. The molecule has 2 aromatic rings. The van der Waals surface area contributed by atoms with E-state index in [2.05, 4.69) is 101 Å². The van der Waals surface area contributed by atoms with Crippen molar-refractivity contribution >= 4 is 0 Å². The fraction of sp³-hybridized carbons (Fsp3) is 0.438. The molecule has 0 spiro atoms. The fourth-order valence-electron chi connectivity index (χ4n) is 3.80. The largest absolute Gasteiger partial charge is 0.104 e. The molecule has 2 aromatic carbocycles. The van der Waals surface area contributed by atoms with Gasteiger partial charge < -0.3 is 0 Å². The molecule has 0 unspecified atom stereocenters. The molecule has 0 fully saturated rings. The summed E-state index contributed by atoms with van der Waals surface area (Å²) in [6.45, 7) is 16.8. The van der Waals surface area contributed by atoms with E-state index in [1.54, 1.807) is 0 Å². The van der Waals surface area contributed by atoms with Gasteiger partial charge in [-0.2, -0.15) is 0 Å². The van der Waals surface area contributed by atoms with Gasteiger partial charge in [0.15, 0.2) is 0 Å². The van der Waals surface area contributed by atoms with Crippen molar-refractivity contribution < 1.29 is 0 Å². The van der Waals surface area contributed by atoms with Crippen LogP contribution in [0.15, 0.2) is 72.8 Å². The second kappa shape index (κ2) is 17.1. The molecule has 0 nitrogen and oxygen atoms in total. The zero-order chi connectivity index (χ0) is 23.6. The molecule has 172 valence electrons. The molecule has 0 atom stereocenters. The summed E-state index contributed by atoms with van der Waals surface area (Å²) in [6, 6.07) is 17.7. The monoisotopic (exact) mass is 428 g/mol. The van der Waals surface area contributed by atoms with E-state index in [1.165, 1.54) is 46.2 Å². The average molecular weight is 429 g/mol. The predicted molar refractivity (Wildman–Crippen MR) is 144 cm³/mol. The van der Waals surface area contributed by atoms with Gasteiger partial charge in [0.2, 0.25) is 0 Å². The summed E-state index contributed by atoms with van der Waals surface area (Å²) in [5, 5.41) is 0. The SMILES string of the molecule is C=C(C)CCCCC(=C)Cc1ccccc1CCc1ccccc1CC.CCC#CCC. The Hall–Kier alpha value is -2.52. The highest BCUT2D eigenvalue weighted by Gasteiger charge is 2.06. The molecule has 0 N–H and O–H groups in total. The van der Waals surface area contributed by atoms with Crippen LogP contribution < -0.4 is 0 Å². The number of aryl methyl sites for hydroxylation is 3. The van der Waals surface area contributed by atoms with Gasteiger partial charge in [-0.15, -0.1) is 18.4 Å². The van der Waals surface area contributed by atoms with E-state index in [9.17, 15) is 0 Å². The summed E-state index contributed by atoms with van der Waals surface area (Å²) in [4.78, 5) is 0. The molecule has 0 aliphatic heterocycles. The van der Waals surface area contributed by atoms with Gasteiger partial charge in [-0.05, 0) is 80.5 Å². The molecule has 0 amide bonds. The quantitative estimate of drug-likeness (QED) is 0.190. The van der Waals surface area contributed by atoms with E-state index >= 15 is 0 Å². The van der Waals surface area contributed by atoms with Crippen LogP contribution in [0.1, 0.15) is 88.5 Å². The highest BCUT2D eigenvalue weighted by atomic mass is 14.1. The van der Waals surface area contributed by atoms with E-state index < -0.39 is 0 Å². The van der Waals surface area contributed by atoms with Crippen LogP contribution in [0.2, 0.25) is 0 Å². The molecule has 0 aliphatic carbocycles. The molecule has 0 heterocycles. The minimum atomic E-state index is 0.994. The van der Waals surface area contributed by atoms with Crippen LogP contribution in [-0.2, 0) is 25.7 Å². The van der Waals surface area contributed by atoms with Crippen LogP contribution >= 0.6 is 0 Å². The number of hydrogen-bond acceptors (Lipinski definition) is 0. The zero-order valence-corrected chi connectivity index (χ0v) is 21.1. The second-order valence-electron chi connectivity index (χ2n) is 8.54. The fourth-order valence-corrected chi connectivity index (χ4v) is 3.80. The van der Waals surface area contributed by atoms with Crippen molar-refractivity contribution in [2.24, 2.45) is 0 Å². The normalized spacial score (nSPS) is 9.88. The summed E-state index contributed by atoms with van der Waals surface area (Å²) in [7, 11) is 0. The van der Waals surface area contributed by atoms with Crippen LogP contribution in [0.5, 0.6) is 0 Å². The Bertz CT molecular complexity index is 864. The molecule has 0 saturated heterocycles. The van der Waals surface area contributed by atoms with Crippen molar-refractivity contribution in [2.75, 3.05) is 0 Å². The molecule has 0 heteroatoms. The van der Waals surface area contributed by atoms with Gasteiger partial charge in [0, 0.05) is 12.8 Å². The maximum Gasteiger partial charge on any atom is 0.00602 e. The summed E-state index contributed by atoms with van der Waals surface area (Å²) in [5.74, 6) is 5.90. The third-order valence-electron chi connectivity index (χ3n) is 5.58. The van der Waals surface area contributed by atoms with Crippen molar-refractivity contribution in [3.63, 3.8) is 0 Å². The number of rotatable bonds is 11. The van der Waals surface area contributed by atoms with Crippen LogP contribution in [0.25, 0.3) is 0 Å². The standard InChI is InChI=1S/C26H34.C6H10/c1-5-23-14-8-9-15-24(23)18-19-25-16-10-11-17-26(25)20-22(4)13-7-6-12-21(2)3;1-3-5-6-4-2/h8-11,14-17H,2,4-7,12-13,18-20H2,1,3H3;3-4H2,1-2H3. The first-order valence-corrected chi connectivity index (χ1v) is 12.4. The first-order chi connectivity index (χ1) is 15.5. The molecule has 0 saturated carbocycles. The van der Waals surface area contributed by atoms with Crippen LogP contribution in [0, 0.1) is 11.8 Å². The maximum absolute atomic E-state index is 4.33.